The Morgan fingerprint density at radius 2 is 1.45 bits per heavy atom. The first kappa shape index (κ1) is 35.1. The van der Waals surface area contributed by atoms with Gasteiger partial charge >= 0.3 is 12.0 Å². The Kier molecular flexibility index (Phi) is 14.1. The molecule has 2 aromatic carbocycles. The molecular weight excluding hydrogens is 570 g/mol. The maximum atomic E-state index is 13.4. The van der Waals surface area contributed by atoms with E-state index in [1.807, 2.05) is 30.3 Å². The third-order valence-corrected chi connectivity index (χ3v) is 6.58. The van der Waals surface area contributed by atoms with Crippen LogP contribution in [0.3, 0.4) is 0 Å². The van der Waals surface area contributed by atoms with Gasteiger partial charge in [0.15, 0.2) is 5.96 Å². The second-order valence-corrected chi connectivity index (χ2v) is 10.6. The van der Waals surface area contributed by atoms with Gasteiger partial charge < -0.3 is 47.7 Å². The van der Waals surface area contributed by atoms with Crippen LogP contribution in [0, 0.1) is 5.92 Å². The van der Waals surface area contributed by atoms with Crippen LogP contribution in [0.1, 0.15) is 37.8 Å². The van der Waals surface area contributed by atoms with Crippen molar-refractivity contribution in [3.63, 3.8) is 0 Å². The normalized spacial score (nSPS) is 13.4. The minimum atomic E-state index is -1.34. The van der Waals surface area contributed by atoms with Gasteiger partial charge in [-0.3, -0.25) is 14.6 Å². The summed E-state index contributed by atoms with van der Waals surface area (Å²) in [4.78, 5) is 66.9. The van der Waals surface area contributed by atoms with Crippen molar-refractivity contribution in [1.82, 2.24) is 21.3 Å². The molecule has 4 atom stereocenters. The van der Waals surface area contributed by atoms with Crippen molar-refractivity contribution in [1.29, 1.82) is 0 Å². The molecule has 3 unspecified atom stereocenters. The summed E-state index contributed by atoms with van der Waals surface area (Å²) in [6, 6.07) is 9.63. The molecule has 44 heavy (non-hydrogen) atoms. The highest BCUT2D eigenvalue weighted by atomic mass is 16.4. The van der Waals surface area contributed by atoms with Gasteiger partial charge in [-0.25, -0.2) is 9.59 Å². The zero-order chi connectivity index (χ0) is 32.6. The Morgan fingerprint density at radius 1 is 0.841 bits per heavy atom. The number of nitrogens with one attached hydrogen (secondary N) is 4. The van der Waals surface area contributed by atoms with E-state index >= 15 is 0 Å². The van der Waals surface area contributed by atoms with Crippen molar-refractivity contribution < 1.29 is 34.2 Å². The summed E-state index contributed by atoms with van der Waals surface area (Å²) in [6.45, 7) is 3.58. The van der Waals surface area contributed by atoms with E-state index in [0.29, 0.717) is 11.8 Å². The molecule has 0 spiro atoms. The topological polar surface area (TPSA) is 238 Å². The van der Waals surface area contributed by atoms with Crippen LogP contribution < -0.4 is 32.7 Å². The predicted molar refractivity (Wildman–Crippen MR) is 164 cm³/mol. The van der Waals surface area contributed by atoms with E-state index in [1.54, 1.807) is 13.8 Å². The van der Waals surface area contributed by atoms with Crippen molar-refractivity contribution in [2.75, 3.05) is 6.54 Å². The van der Waals surface area contributed by atoms with E-state index < -0.39 is 48.0 Å². The van der Waals surface area contributed by atoms with Gasteiger partial charge in [0.1, 0.15) is 30.2 Å². The number of phenolic OH excluding ortho intramolecular Hbond substituents is 1. The number of carboxylic acid groups (broad SMARTS) is 1. The van der Waals surface area contributed by atoms with Gasteiger partial charge in [-0.05, 0) is 48.4 Å². The van der Waals surface area contributed by atoms with Crippen LogP contribution in [0.5, 0.6) is 5.75 Å². The highest BCUT2D eigenvalue weighted by Crippen LogP contribution is 2.12. The molecule has 0 bridgehead atoms. The Bertz CT molecular complexity index is 1280. The van der Waals surface area contributed by atoms with Gasteiger partial charge in [0.25, 0.3) is 0 Å². The zero-order valence-corrected chi connectivity index (χ0v) is 24.7. The summed E-state index contributed by atoms with van der Waals surface area (Å²) in [7, 11) is 0. The van der Waals surface area contributed by atoms with E-state index in [1.165, 1.54) is 24.3 Å². The number of aromatic hydroxyl groups is 1. The number of aldehydes is 1. The highest BCUT2D eigenvalue weighted by molar-refractivity contribution is 5.93. The van der Waals surface area contributed by atoms with Gasteiger partial charge in [-0.2, -0.15) is 0 Å². The minimum absolute atomic E-state index is 0.00663. The lowest BCUT2D eigenvalue weighted by molar-refractivity contribution is -0.139. The van der Waals surface area contributed by atoms with E-state index in [2.05, 4.69) is 26.3 Å². The van der Waals surface area contributed by atoms with Gasteiger partial charge in [-0.1, -0.05) is 56.3 Å². The number of aliphatic imine (C=N–C) groups is 1. The number of benzene rings is 2. The third kappa shape index (κ3) is 12.4. The zero-order valence-electron chi connectivity index (χ0n) is 24.7. The summed E-state index contributed by atoms with van der Waals surface area (Å²) in [5.74, 6) is -3.11. The molecule has 2 rings (SSSR count). The number of nitrogens with zero attached hydrogens (tertiary/aromatic N) is 1. The number of amides is 4. The van der Waals surface area contributed by atoms with Crippen molar-refractivity contribution in [2.45, 2.75) is 63.7 Å². The number of carbonyl (C=O) groups is 5. The molecule has 0 saturated heterocycles. The van der Waals surface area contributed by atoms with Crippen molar-refractivity contribution in [2.24, 2.45) is 22.4 Å². The van der Waals surface area contributed by atoms with Crippen LogP contribution in [0.15, 0.2) is 59.6 Å². The minimum Gasteiger partial charge on any atom is -0.508 e. The quantitative estimate of drug-likeness (QED) is 0.0526. The Morgan fingerprint density at radius 3 is 2.02 bits per heavy atom. The SMILES string of the molecule is CC(C)C(NC(=O)C(CCCN=C(N)N)NC(=O)NC(Cc1ccc(O)cc1)C(=O)O)C(=O)N[C@H](C=O)Cc1ccccc1. The number of carboxylic acids is 1. The van der Waals surface area contributed by atoms with E-state index in [-0.39, 0.29) is 49.9 Å². The van der Waals surface area contributed by atoms with Crippen LogP contribution in [0.4, 0.5) is 4.79 Å². The lowest BCUT2D eigenvalue weighted by atomic mass is 10.0. The molecule has 10 N–H and O–H groups in total. The first-order valence-electron chi connectivity index (χ1n) is 14.1. The average Bonchev–Trinajstić information content (AvgIpc) is 2.97. The lowest BCUT2D eigenvalue weighted by Crippen LogP contribution is -2.58. The van der Waals surface area contributed by atoms with E-state index in [9.17, 15) is 34.2 Å². The monoisotopic (exact) mass is 611 g/mol. The molecule has 2 aromatic rings. The third-order valence-electron chi connectivity index (χ3n) is 6.58. The number of rotatable bonds is 17. The molecule has 0 aromatic heterocycles. The summed E-state index contributed by atoms with van der Waals surface area (Å²) < 4.78 is 0. The largest absolute Gasteiger partial charge is 0.508 e. The van der Waals surface area contributed by atoms with Crippen molar-refractivity contribution in [3.05, 3.63) is 65.7 Å². The summed E-state index contributed by atoms with van der Waals surface area (Å²) in [5, 5.41) is 29.3. The fourth-order valence-electron chi connectivity index (χ4n) is 4.26. The molecule has 0 fully saturated rings. The molecule has 238 valence electrons. The smallest absolute Gasteiger partial charge is 0.326 e. The van der Waals surface area contributed by atoms with Crippen LogP contribution in [-0.4, -0.2) is 77.0 Å². The van der Waals surface area contributed by atoms with Crippen molar-refractivity contribution >= 4 is 36.1 Å². The molecule has 0 heterocycles. The number of urea groups is 1. The lowest BCUT2D eigenvalue weighted by Gasteiger charge is -2.27. The maximum Gasteiger partial charge on any atom is 0.326 e. The predicted octanol–water partition coefficient (Wildman–Crippen LogP) is 0.177. The summed E-state index contributed by atoms with van der Waals surface area (Å²) >= 11 is 0. The molecule has 0 radical (unpaired) electrons. The number of hydrogen-bond donors (Lipinski definition) is 8. The van der Waals surface area contributed by atoms with Gasteiger partial charge in [0.05, 0.1) is 6.04 Å². The molecular formula is C30H41N7O7. The van der Waals surface area contributed by atoms with Gasteiger partial charge in [0.2, 0.25) is 11.8 Å². The maximum absolute atomic E-state index is 13.4. The van der Waals surface area contributed by atoms with Crippen molar-refractivity contribution in [3.8, 4) is 5.75 Å². The molecule has 0 aliphatic rings. The number of carbonyl (C=O) groups excluding carboxylic acids is 4. The summed E-state index contributed by atoms with van der Waals surface area (Å²) in [5.41, 5.74) is 12.1. The Labute approximate surface area is 255 Å². The first-order valence-corrected chi connectivity index (χ1v) is 14.1. The fourth-order valence-corrected chi connectivity index (χ4v) is 4.26. The number of nitrogens with two attached hydrogens (primary N) is 2. The molecule has 0 saturated carbocycles. The Balaban J connectivity index is 2.13. The number of hydrogen-bond acceptors (Lipinski definition) is 7. The number of phenols is 1. The molecule has 14 nitrogen and oxygen atoms in total. The van der Waals surface area contributed by atoms with Gasteiger partial charge in [0, 0.05) is 13.0 Å². The standard InChI is InChI=1S/C30H41N7O7/c1-18(2)25(27(41)34-21(17-38)15-19-7-4-3-5-8-19)37-26(40)23(9-6-14-33-29(31)32)35-30(44)36-24(28(42)43)16-20-10-12-22(39)13-11-20/h3-5,7-8,10-13,17-18,21,23-25,39H,6,9,14-16H2,1-2H3,(H,34,41)(H,37,40)(H,42,43)(H4,31,32,33)(H2,35,36,44)/t21-,23?,24?,25?/m0/s1. The van der Waals surface area contributed by atoms with Gasteiger partial charge in [-0.15, -0.1) is 0 Å². The molecule has 0 aliphatic carbocycles. The van der Waals surface area contributed by atoms with Crippen LogP contribution in [-0.2, 0) is 32.0 Å². The number of guanidine groups is 1. The second-order valence-electron chi connectivity index (χ2n) is 10.6. The van der Waals surface area contributed by atoms with Crippen LogP contribution in [0.25, 0.3) is 0 Å². The Hall–Kier alpha value is -5.14. The summed E-state index contributed by atoms with van der Waals surface area (Å²) in [6.07, 6.45) is 1.14. The second kappa shape index (κ2) is 17.7. The number of aliphatic carboxylic acids is 1. The average molecular weight is 612 g/mol. The highest BCUT2D eigenvalue weighted by Gasteiger charge is 2.30. The first-order chi connectivity index (χ1) is 20.9. The van der Waals surface area contributed by atoms with Crippen LogP contribution in [0.2, 0.25) is 0 Å². The molecule has 14 heteroatoms. The van der Waals surface area contributed by atoms with Crippen LogP contribution >= 0.6 is 0 Å². The molecule has 0 aliphatic heterocycles. The van der Waals surface area contributed by atoms with E-state index in [4.69, 9.17) is 11.5 Å². The molecule has 4 amide bonds. The van der Waals surface area contributed by atoms with E-state index in [0.717, 1.165) is 5.56 Å². The fraction of sp³-hybridized carbons (Fsp3) is 0.400.